The van der Waals surface area contributed by atoms with Crippen molar-refractivity contribution in [3.8, 4) is 11.5 Å². The predicted octanol–water partition coefficient (Wildman–Crippen LogP) is 1.00. The molecular formula is C8H8BrNO3. The Labute approximate surface area is 83.1 Å². The van der Waals surface area contributed by atoms with Crippen molar-refractivity contribution in [2.45, 2.75) is 0 Å². The first-order valence-electron chi connectivity index (χ1n) is 3.51. The highest BCUT2D eigenvalue weighted by atomic mass is 79.9. The van der Waals surface area contributed by atoms with Gasteiger partial charge in [-0.05, 0) is 12.1 Å². The summed E-state index contributed by atoms with van der Waals surface area (Å²) >= 11 is 3.08. The molecule has 0 amide bonds. The summed E-state index contributed by atoms with van der Waals surface area (Å²) in [6.07, 6.45) is 0. The summed E-state index contributed by atoms with van der Waals surface area (Å²) in [6.45, 7) is -0.205. The summed E-state index contributed by atoms with van der Waals surface area (Å²) in [7, 11) is 0. The number of hydrogen-bond acceptors (Lipinski definition) is 4. The van der Waals surface area contributed by atoms with E-state index in [-0.39, 0.29) is 17.9 Å². The summed E-state index contributed by atoms with van der Waals surface area (Å²) in [5, 5.41) is 18.4. The second kappa shape index (κ2) is 3.76. The van der Waals surface area contributed by atoms with E-state index in [1.165, 1.54) is 12.1 Å². The maximum absolute atomic E-state index is 11.1. The van der Waals surface area contributed by atoms with Crippen molar-refractivity contribution in [3.05, 3.63) is 22.2 Å². The lowest BCUT2D eigenvalue weighted by Gasteiger charge is -2.04. The zero-order chi connectivity index (χ0) is 10.0. The number of hydrogen-bond donors (Lipinski definition) is 3. The fourth-order valence-corrected chi connectivity index (χ4v) is 1.35. The number of phenolic OH excluding ortho intramolecular Hbond substituents is 2. The van der Waals surface area contributed by atoms with E-state index in [9.17, 15) is 9.90 Å². The summed E-state index contributed by atoms with van der Waals surface area (Å²) in [4.78, 5) is 11.1. The number of nitrogens with two attached hydrogens (primary N) is 1. The van der Waals surface area contributed by atoms with Crippen LogP contribution in [0, 0.1) is 0 Å². The van der Waals surface area contributed by atoms with Gasteiger partial charge in [-0.2, -0.15) is 0 Å². The van der Waals surface area contributed by atoms with Gasteiger partial charge in [-0.15, -0.1) is 0 Å². The van der Waals surface area contributed by atoms with Crippen molar-refractivity contribution in [1.82, 2.24) is 0 Å². The quantitative estimate of drug-likeness (QED) is 0.537. The van der Waals surface area contributed by atoms with Crippen molar-refractivity contribution in [2.24, 2.45) is 5.73 Å². The first-order valence-corrected chi connectivity index (χ1v) is 4.30. The Morgan fingerprint density at radius 3 is 2.62 bits per heavy atom. The van der Waals surface area contributed by atoms with Crippen LogP contribution in [0.2, 0.25) is 0 Å². The van der Waals surface area contributed by atoms with E-state index in [0.717, 1.165) is 0 Å². The second-order valence-electron chi connectivity index (χ2n) is 2.45. The van der Waals surface area contributed by atoms with Gasteiger partial charge >= 0.3 is 0 Å². The largest absolute Gasteiger partial charge is 0.504 e. The van der Waals surface area contributed by atoms with Gasteiger partial charge in [0.1, 0.15) is 0 Å². The van der Waals surface area contributed by atoms with Crippen molar-refractivity contribution in [1.29, 1.82) is 0 Å². The molecule has 0 saturated carbocycles. The van der Waals surface area contributed by atoms with Crippen LogP contribution in [0.4, 0.5) is 0 Å². The van der Waals surface area contributed by atoms with Crippen LogP contribution >= 0.6 is 15.9 Å². The molecular weight excluding hydrogens is 238 g/mol. The Balaban J connectivity index is 3.28. The minimum Gasteiger partial charge on any atom is -0.504 e. The molecule has 0 aliphatic heterocycles. The summed E-state index contributed by atoms with van der Waals surface area (Å²) < 4.78 is 0.514. The van der Waals surface area contributed by atoms with Crippen LogP contribution in [0.25, 0.3) is 0 Å². The molecule has 1 rings (SSSR count). The molecule has 0 atom stereocenters. The number of aromatic hydroxyl groups is 2. The normalized spacial score (nSPS) is 10.0. The van der Waals surface area contributed by atoms with E-state index < -0.39 is 11.5 Å². The Morgan fingerprint density at radius 1 is 1.46 bits per heavy atom. The number of carbonyl (C=O) groups is 1. The fraction of sp³-hybridized carbons (Fsp3) is 0.125. The summed E-state index contributed by atoms with van der Waals surface area (Å²) in [5.41, 5.74) is 5.14. The van der Waals surface area contributed by atoms with Crippen molar-refractivity contribution < 1.29 is 15.0 Å². The van der Waals surface area contributed by atoms with E-state index >= 15 is 0 Å². The lowest BCUT2D eigenvalue weighted by molar-refractivity contribution is 0.0998. The van der Waals surface area contributed by atoms with Gasteiger partial charge in [-0.3, -0.25) is 4.79 Å². The zero-order valence-corrected chi connectivity index (χ0v) is 8.21. The first-order chi connectivity index (χ1) is 6.06. The van der Waals surface area contributed by atoms with Gasteiger partial charge in [-0.1, -0.05) is 15.9 Å². The van der Waals surface area contributed by atoms with Gasteiger partial charge in [0.25, 0.3) is 0 Å². The summed E-state index contributed by atoms with van der Waals surface area (Å²) in [6, 6.07) is 2.70. The van der Waals surface area contributed by atoms with Crippen LogP contribution in [0.1, 0.15) is 10.4 Å². The van der Waals surface area contributed by atoms with Crippen LogP contribution in [0.3, 0.4) is 0 Å². The molecule has 5 heteroatoms. The van der Waals surface area contributed by atoms with Gasteiger partial charge < -0.3 is 15.9 Å². The smallest absolute Gasteiger partial charge is 0.180 e. The van der Waals surface area contributed by atoms with Crippen molar-refractivity contribution >= 4 is 21.7 Å². The SMILES string of the molecule is NCC(=O)c1cc(Br)cc(O)c1O. The van der Waals surface area contributed by atoms with Gasteiger partial charge in [0, 0.05) is 4.47 Å². The predicted molar refractivity (Wildman–Crippen MR) is 50.9 cm³/mol. The Morgan fingerprint density at radius 2 is 2.08 bits per heavy atom. The van der Waals surface area contributed by atoms with Crippen molar-refractivity contribution in [2.75, 3.05) is 6.54 Å². The highest BCUT2D eigenvalue weighted by Gasteiger charge is 2.13. The van der Waals surface area contributed by atoms with E-state index in [1.807, 2.05) is 0 Å². The number of ketones is 1. The van der Waals surface area contributed by atoms with E-state index in [0.29, 0.717) is 4.47 Å². The molecule has 0 saturated heterocycles. The van der Waals surface area contributed by atoms with Crippen molar-refractivity contribution in [3.63, 3.8) is 0 Å². The average Bonchev–Trinajstić information content (AvgIpc) is 2.10. The van der Waals surface area contributed by atoms with Crippen LogP contribution in [0.5, 0.6) is 11.5 Å². The average molecular weight is 246 g/mol. The zero-order valence-electron chi connectivity index (χ0n) is 6.62. The molecule has 0 spiro atoms. The molecule has 4 N–H and O–H groups in total. The van der Waals surface area contributed by atoms with Crippen LogP contribution in [0.15, 0.2) is 16.6 Å². The number of phenols is 2. The lowest BCUT2D eigenvalue weighted by atomic mass is 10.1. The molecule has 0 heterocycles. The number of Topliss-reactive ketones (excluding diaryl/α,β-unsaturated/α-hetero) is 1. The van der Waals surface area contributed by atoms with E-state index in [2.05, 4.69) is 15.9 Å². The van der Waals surface area contributed by atoms with Gasteiger partial charge in [0.05, 0.1) is 12.1 Å². The van der Waals surface area contributed by atoms with Crippen LogP contribution in [-0.4, -0.2) is 22.5 Å². The maximum Gasteiger partial charge on any atom is 0.180 e. The molecule has 70 valence electrons. The Hall–Kier alpha value is -1.07. The second-order valence-corrected chi connectivity index (χ2v) is 3.36. The number of carbonyl (C=O) groups excluding carboxylic acids is 1. The van der Waals surface area contributed by atoms with Gasteiger partial charge in [0.15, 0.2) is 17.3 Å². The number of benzene rings is 1. The molecule has 0 aliphatic rings. The minimum atomic E-state index is -0.432. The Kier molecular flexibility index (Phi) is 2.90. The third kappa shape index (κ3) is 1.99. The molecule has 4 nitrogen and oxygen atoms in total. The first kappa shape index (κ1) is 10.0. The lowest BCUT2D eigenvalue weighted by Crippen LogP contribution is -2.13. The molecule has 0 bridgehead atoms. The minimum absolute atomic E-state index is 0.0226. The molecule has 0 aromatic heterocycles. The standard InChI is InChI=1S/C8H8BrNO3/c9-4-1-5(7(12)3-10)8(13)6(11)2-4/h1-2,11,13H,3,10H2. The third-order valence-corrected chi connectivity index (χ3v) is 2.00. The van der Waals surface area contributed by atoms with Gasteiger partial charge in [-0.25, -0.2) is 0 Å². The third-order valence-electron chi connectivity index (χ3n) is 1.54. The highest BCUT2D eigenvalue weighted by molar-refractivity contribution is 9.10. The molecule has 13 heavy (non-hydrogen) atoms. The van der Waals surface area contributed by atoms with Crippen LogP contribution < -0.4 is 5.73 Å². The topological polar surface area (TPSA) is 83.6 Å². The molecule has 0 unspecified atom stereocenters. The van der Waals surface area contributed by atoms with Gasteiger partial charge in [0.2, 0.25) is 0 Å². The summed E-state index contributed by atoms with van der Waals surface area (Å²) in [5.74, 6) is -1.20. The number of rotatable bonds is 2. The van der Waals surface area contributed by atoms with E-state index in [4.69, 9.17) is 10.8 Å². The molecule has 0 radical (unpaired) electrons. The fourth-order valence-electron chi connectivity index (χ4n) is 0.907. The van der Waals surface area contributed by atoms with Crippen LogP contribution in [-0.2, 0) is 0 Å². The van der Waals surface area contributed by atoms with E-state index in [1.54, 1.807) is 0 Å². The highest BCUT2D eigenvalue weighted by Crippen LogP contribution is 2.32. The molecule has 1 aromatic rings. The monoisotopic (exact) mass is 245 g/mol. The number of halogens is 1. The molecule has 0 aliphatic carbocycles. The molecule has 1 aromatic carbocycles. The molecule has 0 fully saturated rings. The maximum atomic E-state index is 11.1. The Bertz CT molecular complexity index is 351.